The second kappa shape index (κ2) is 12.8. The van der Waals surface area contributed by atoms with Gasteiger partial charge in [-0.05, 0) is 58.7 Å². The Morgan fingerprint density at radius 1 is 0.923 bits per heavy atom. The van der Waals surface area contributed by atoms with Crippen molar-refractivity contribution in [3.05, 3.63) is 107 Å². The highest BCUT2D eigenvalue weighted by Gasteiger charge is 2.31. The molecule has 202 valence electrons. The maximum atomic E-state index is 9.25. The molecule has 8 heteroatoms. The van der Waals surface area contributed by atoms with Crippen molar-refractivity contribution in [3.63, 3.8) is 0 Å². The van der Waals surface area contributed by atoms with Crippen molar-refractivity contribution in [2.45, 2.75) is 19.9 Å². The molecule has 1 atom stereocenters. The number of tetrazole rings is 1. The number of aliphatic hydroxyl groups is 1. The third-order valence-corrected chi connectivity index (χ3v) is 7.17. The number of para-hydroxylation sites is 1. The van der Waals surface area contributed by atoms with Gasteiger partial charge in [0.1, 0.15) is 12.4 Å². The number of piperazine rings is 1. The third kappa shape index (κ3) is 6.42. The summed E-state index contributed by atoms with van der Waals surface area (Å²) in [6.07, 6.45) is 4.43. The minimum absolute atomic E-state index is 0.0286. The van der Waals surface area contributed by atoms with E-state index in [0.717, 1.165) is 66.7 Å². The lowest BCUT2D eigenvalue weighted by Crippen LogP contribution is -2.48. The van der Waals surface area contributed by atoms with Crippen molar-refractivity contribution in [2.24, 2.45) is 0 Å². The quantitative estimate of drug-likeness (QED) is 0.335. The van der Waals surface area contributed by atoms with Crippen molar-refractivity contribution in [1.29, 1.82) is 0 Å². The lowest BCUT2D eigenvalue weighted by Gasteiger charge is -2.38. The zero-order valence-corrected chi connectivity index (χ0v) is 22.6. The molecule has 8 nitrogen and oxygen atoms in total. The van der Waals surface area contributed by atoms with E-state index in [9.17, 15) is 5.11 Å². The van der Waals surface area contributed by atoms with E-state index < -0.39 is 0 Å². The van der Waals surface area contributed by atoms with Crippen LogP contribution in [0.1, 0.15) is 34.1 Å². The Kier molecular flexibility index (Phi) is 8.78. The van der Waals surface area contributed by atoms with Crippen LogP contribution in [0.15, 0.2) is 78.9 Å². The molecule has 1 saturated heterocycles. The first kappa shape index (κ1) is 26.7. The van der Waals surface area contributed by atoms with Crippen molar-refractivity contribution in [3.8, 4) is 11.4 Å². The number of rotatable bonds is 10. The van der Waals surface area contributed by atoms with E-state index in [-0.39, 0.29) is 19.3 Å². The molecule has 3 aromatic carbocycles. The number of aromatic nitrogens is 4. The van der Waals surface area contributed by atoms with E-state index in [1.807, 2.05) is 28.9 Å². The molecule has 0 unspecified atom stereocenters. The molecule has 0 spiro atoms. The maximum Gasteiger partial charge on any atom is 0.178 e. The third-order valence-electron chi connectivity index (χ3n) is 7.17. The van der Waals surface area contributed by atoms with Crippen molar-refractivity contribution < 1.29 is 9.84 Å². The second-order valence-electron chi connectivity index (χ2n) is 9.89. The molecule has 1 aliphatic heterocycles. The first-order valence-corrected chi connectivity index (χ1v) is 13.5. The van der Waals surface area contributed by atoms with Gasteiger partial charge >= 0.3 is 0 Å². The monoisotopic (exact) mass is 524 g/mol. The molecule has 1 aromatic heterocycles. The average molecular weight is 525 g/mol. The molecular formula is C31H36N6O2. The van der Waals surface area contributed by atoms with Gasteiger partial charge in [0, 0.05) is 32.7 Å². The van der Waals surface area contributed by atoms with Crippen LogP contribution in [0, 0.1) is 13.8 Å². The van der Waals surface area contributed by atoms with Crippen LogP contribution in [-0.4, -0.2) is 81.1 Å². The van der Waals surface area contributed by atoms with Gasteiger partial charge in [-0.2, -0.15) is 4.68 Å². The standard InChI is InChI=1S/C31H36N6O2/c1-24-9-6-10-25(2)29(24)37-31(32-33-34-37)30(27-14-7-15-28(23-27)39-22-21-38)36-19-17-35(18-20-36)16-8-13-26-11-4-3-5-12-26/h3-15,23,30,38H,16-22H2,1-2H3/b13-8+/t30-/m1/s1. The molecular weight excluding hydrogens is 488 g/mol. The number of nitrogens with zero attached hydrogens (tertiary/aromatic N) is 6. The Bertz CT molecular complexity index is 1360. The number of ether oxygens (including phenoxy) is 1. The fourth-order valence-electron chi connectivity index (χ4n) is 5.23. The van der Waals surface area contributed by atoms with Crippen LogP contribution in [-0.2, 0) is 0 Å². The maximum absolute atomic E-state index is 9.25. The van der Waals surface area contributed by atoms with Crippen molar-refractivity contribution >= 4 is 6.08 Å². The van der Waals surface area contributed by atoms with E-state index >= 15 is 0 Å². The molecule has 0 aliphatic carbocycles. The fraction of sp³-hybridized carbons (Fsp3) is 0.323. The van der Waals surface area contributed by atoms with Crippen LogP contribution >= 0.6 is 0 Å². The van der Waals surface area contributed by atoms with Crippen LogP contribution < -0.4 is 4.74 Å². The summed E-state index contributed by atoms with van der Waals surface area (Å²) < 4.78 is 7.65. The summed E-state index contributed by atoms with van der Waals surface area (Å²) in [6.45, 7) is 8.97. The van der Waals surface area contributed by atoms with Crippen LogP contribution in [0.25, 0.3) is 11.8 Å². The van der Waals surface area contributed by atoms with Crippen molar-refractivity contribution in [2.75, 3.05) is 45.9 Å². The summed E-state index contributed by atoms with van der Waals surface area (Å²) in [5.74, 6) is 1.51. The van der Waals surface area contributed by atoms with Gasteiger partial charge in [-0.25, -0.2) is 0 Å². The molecule has 1 N–H and O–H groups in total. The molecule has 1 fully saturated rings. The van der Waals surface area contributed by atoms with Crippen LogP contribution in [0.2, 0.25) is 0 Å². The van der Waals surface area contributed by atoms with E-state index in [0.29, 0.717) is 0 Å². The van der Waals surface area contributed by atoms with Crippen LogP contribution in [0.4, 0.5) is 0 Å². The van der Waals surface area contributed by atoms with Crippen molar-refractivity contribution in [1.82, 2.24) is 30.0 Å². The summed E-state index contributed by atoms with van der Waals surface area (Å²) in [5.41, 5.74) is 5.54. The largest absolute Gasteiger partial charge is 0.491 e. The number of aliphatic hydroxyl groups excluding tert-OH is 1. The molecule has 0 radical (unpaired) electrons. The molecule has 0 saturated carbocycles. The topological polar surface area (TPSA) is 79.5 Å². The number of hydrogen-bond acceptors (Lipinski definition) is 7. The highest BCUT2D eigenvalue weighted by atomic mass is 16.5. The van der Waals surface area contributed by atoms with E-state index in [2.05, 4.69) is 99.9 Å². The average Bonchev–Trinajstić information content (AvgIpc) is 3.42. The first-order chi connectivity index (χ1) is 19.1. The number of benzene rings is 3. The van der Waals surface area contributed by atoms with Crippen LogP contribution in [0.5, 0.6) is 5.75 Å². The lowest BCUT2D eigenvalue weighted by atomic mass is 10.0. The SMILES string of the molecule is Cc1cccc(C)c1-n1nnnc1[C@@H](c1cccc(OCCO)c1)N1CCN(C/C=C/c2ccccc2)CC1. The molecule has 2 heterocycles. The van der Waals surface area contributed by atoms with Gasteiger partial charge in [-0.15, -0.1) is 5.10 Å². The highest BCUT2D eigenvalue weighted by Crippen LogP contribution is 2.32. The molecule has 0 bridgehead atoms. The van der Waals surface area contributed by atoms with Gasteiger partial charge in [0.2, 0.25) is 0 Å². The van der Waals surface area contributed by atoms with Gasteiger partial charge in [0.15, 0.2) is 5.82 Å². The Labute approximate surface area is 230 Å². The van der Waals surface area contributed by atoms with E-state index in [1.165, 1.54) is 5.56 Å². The summed E-state index contributed by atoms with van der Waals surface area (Å²) >= 11 is 0. The predicted octanol–water partition coefficient (Wildman–Crippen LogP) is 4.07. The van der Waals surface area contributed by atoms with Gasteiger partial charge in [-0.1, -0.05) is 72.8 Å². The Morgan fingerprint density at radius 2 is 1.67 bits per heavy atom. The predicted molar refractivity (Wildman–Crippen MR) is 153 cm³/mol. The molecule has 4 aromatic rings. The smallest absolute Gasteiger partial charge is 0.178 e. The van der Waals surface area contributed by atoms with E-state index in [1.54, 1.807) is 0 Å². The molecule has 5 rings (SSSR count). The fourth-order valence-corrected chi connectivity index (χ4v) is 5.23. The minimum atomic E-state index is -0.154. The Morgan fingerprint density at radius 3 is 2.41 bits per heavy atom. The van der Waals surface area contributed by atoms with Gasteiger partial charge in [0.05, 0.1) is 18.3 Å². The van der Waals surface area contributed by atoms with Crippen LogP contribution in [0.3, 0.4) is 0 Å². The molecule has 39 heavy (non-hydrogen) atoms. The Hall–Kier alpha value is -3.85. The summed E-state index contributed by atoms with van der Waals surface area (Å²) in [6, 6.07) is 24.6. The zero-order valence-electron chi connectivity index (χ0n) is 22.6. The minimum Gasteiger partial charge on any atom is -0.491 e. The highest BCUT2D eigenvalue weighted by molar-refractivity contribution is 5.49. The first-order valence-electron chi connectivity index (χ1n) is 13.5. The van der Waals surface area contributed by atoms with Gasteiger partial charge in [-0.3, -0.25) is 9.80 Å². The summed E-state index contributed by atoms with van der Waals surface area (Å²) in [4.78, 5) is 4.93. The summed E-state index contributed by atoms with van der Waals surface area (Å²) in [5, 5.41) is 22.4. The second-order valence-corrected chi connectivity index (χ2v) is 9.89. The number of aryl methyl sites for hydroxylation is 2. The number of hydrogen-bond donors (Lipinski definition) is 1. The summed E-state index contributed by atoms with van der Waals surface area (Å²) in [7, 11) is 0. The van der Waals surface area contributed by atoms with Gasteiger partial charge in [0.25, 0.3) is 0 Å². The Balaban J connectivity index is 1.41. The normalized spacial score (nSPS) is 15.6. The zero-order chi connectivity index (χ0) is 27.0. The van der Waals surface area contributed by atoms with Gasteiger partial charge < -0.3 is 9.84 Å². The van der Waals surface area contributed by atoms with E-state index in [4.69, 9.17) is 4.74 Å². The molecule has 0 amide bonds. The lowest BCUT2D eigenvalue weighted by molar-refractivity contribution is 0.113. The molecule has 1 aliphatic rings.